The summed E-state index contributed by atoms with van der Waals surface area (Å²) < 4.78 is 0. The van der Waals surface area contributed by atoms with E-state index in [1.165, 1.54) is 5.56 Å². The number of nitrogens with zero attached hydrogens (tertiary/aromatic N) is 2. The van der Waals surface area contributed by atoms with Crippen molar-refractivity contribution < 1.29 is 4.79 Å². The van der Waals surface area contributed by atoms with Crippen molar-refractivity contribution in [2.45, 2.75) is 27.2 Å². The molecule has 1 amide bonds. The van der Waals surface area contributed by atoms with Gasteiger partial charge in [0.15, 0.2) is 0 Å². The first-order chi connectivity index (χ1) is 10.4. The summed E-state index contributed by atoms with van der Waals surface area (Å²) in [6.07, 6.45) is 5.01. The lowest BCUT2D eigenvalue weighted by Crippen LogP contribution is -2.49. The Morgan fingerprint density at radius 1 is 1.09 bits per heavy atom. The normalized spacial score (nSPS) is 17.1. The summed E-state index contributed by atoms with van der Waals surface area (Å²) in [4.78, 5) is 16.6. The van der Waals surface area contributed by atoms with Gasteiger partial charge in [-0.15, -0.1) is 0 Å². The molecule has 2 rings (SSSR count). The van der Waals surface area contributed by atoms with Crippen LogP contribution in [0, 0.1) is 5.41 Å². The Bertz CT molecular complexity index is 494. The zero-order valence-electron chi connectivity index (χ0n) is 14.1. The summed E-state index contributed by atoms with van der Waals surface area (Å²) >= 11 is 0. The Hall–Kier alpha value is -1.61. The van der Waals surface area contributed by atoms with Crippen LogP contribution in [0.1, 0.15) is 32.8 Å². The lowest BCUT2D eigenvalue weighted by atomic mass is 9.91. The first-order valence-corrected chi connectivity index (χ1v) is 8.16. The van der Waals surface area contributed by atoms with Gasteiger partial charge in [0.05, 0.1) is 0 Å². The van der Waals surface area contributed by atoms with Gasteiger partial charge < -0.3 is 4.90 Å². The molecule has 0 bridgehead atoms. The molecule has 3 nitrogen and oxygen atoms in total. The first-order valence-electron chi connectivity index (χ1n) is 8.16. The molecule has 0 radical (unpaired) electrons. The minimum Gasteiger partial charge on any atom is -0.340 e. The number of carbonyl (C=O) groups excluding carboxylic acids is 1. The zero-order valence-corrected chi connectivity index (χ0v) is 14.1. The molecule has 0 unspecified atom stereocenters. The van der Waals surface area contributed by atoms with Crippen molar-refractivity contribution in [1.29, 1.82) is 0 Å². The number of rotatable bonds is 4. The largest absolute Gasteiger partial charge is 0.340 e. The molecule has 1 saturated heterocycles. The Labute approximate surface area is 134 Å². The molecule has 1 fully saturated rings. The van der Waals surface area contributed by atoms with E-state index in [-0.39, 0.29) is 5.41 Å². The minimum atomic E-state index is 0.0760. The summed E-state index contributed by atoms with van der Waals surface area (Å²) in [6, 6.07) is 10.4. The molecule has 1 aromatic rings. The highest BCUT2D eigenvalue weighted by atomic mass is 16.2. The summed E-state index contributed by atoms with van der Waals surface area (Å²) in [5.41, 5.74) is 1.31. The SMILES string of the molecule is CC(C)(C)CC(=O)N1CCN(C/C=C/c2ccccc2)CC1. The maximum absolute atomic E-state index is 12.2. The molecule has 3 heteroatoms. The molecule has 22 heavy (non-hydrogen) atoms. The van der Waals surface area contributed by atoms with Crippen LogP contribution in [0.5, 0.6) is 0 Å². The number of hydrogen-bond donors (Lipinski definition) is 0. The number of benzene rings is 1. The van der Waals surface area contributed by atoms with Crippen LogP contribution in [0.4, 0.5) is 0 Å². The Morgan fingerprint density at radius 2 is 1.73 bits per heavy atom. The van der Waals surface area contributed by atoms with E-state index in [2.05, 4.69) is 62.1 Å². The second-order valence-corrected chi connectivity index (χ2v) is 7.23. The van der Waals surface area contributed by atoms with Crippen molar-refractivity contribution in [2.75, 3.05) is 32.7 Å². The smallest absolute Gasteiger partial charge is 0.223 e. The lowest BCUT2D eigenvalue weighted by molar-refractivity contribution is -0.134. The van der Waals surface area contributed by atoms with Crippen molar-refractivity contribution in [1.82, 2.24) is 9.80 Å². The van der Waals surface area contributed by atoms with Crippen LogP contribution < -0.4 is 0 Å². The number of carbonyl (C=O) groups is 1. The highest BCUT2D eigenvalue weighted by Crippen LogP contribution is 2.20. The van der Waals surface area contributed by atoms with Crippen molar-refractivity contribution in [3.8, 4) is 0 Å². The highest BCUT2D eigenvalue weighted by Gasteiger charge is 2.24. The summed E-state index contributed by atoms with van der Waals surface area (Å²) in [6.45, 7) is 11.0. The molecule has 1 aliphatic rings. The molecular weight excluding hydrogens is 272 g/mol. The first kappa shape index (κ1) is 16.8. The van der Waals surface area contributed by atoms with E-state index < -0.39 is 0 Å². The quantitative estimate of drug-likeness (QED) is 0.852. The van der Waals surface area contributed by atoms with Gasteiger partial charge in [-0.05, 0) is 11.0 Å². The fraction of sp³-hybridized carbons (Fsp3) is 0.526. The Balaban J connectivity index is 1.73. The summed E-state index contributed by atoms with van der Waals surface area (Å²) in [5.74, 6) is 0.298. The second kappa shape index (κ2) is 7.59. The van der Waals surface area contributed by atoms with E-state index in [9.17, 15) is 4.79 Å². The van der Waals surface area contributed by atoms with Gasteiger partial charge in [0, 0.05) is 39.1 Å². The number of amides is 1. The molecule has 0 atom stereocenters. The van der Waals surface area contributed by atoms with Gasteiger partial charge in [0.25, 0.3) is 0 Å². The van der Waals surface area contributed by atoms with Gasteiger partial charge in [-0.25, -0.2) is 0 Å². The fourth-order valence-electron chi connectivity index (χ4n) is 2.65. The van der Waals surface area contributed by atoms with Gasteiger partial charge in [-0.2, -0.15) is 0 Å². The fourth-order valence-corrected chi connectivity index (χ4v) is 2.65. The lowest BCUT2D eigenvalue weighted by Gasteiger charge is -2.35. The molecule has 1 aliphatic heterocycles. The van der Waals surface area contributed by atoms with Crippen LogP contribution in [-0.2, 0) is 4.79 Å². The molecule has 0 aliphatic carbocycles. The molecule has 0 spiro atoms. The van der Waals surface area contributed by atoms with E-state index in [0.717, 1.165) is 32.7 Å². The standard InChI is InChI=1S/C19H28N2O/c1-19(2,3)16-18(22)21-14-12-20(13-15-21)11-7-10-17-8-5-4-6-9-17/h4-10H,11-16H2,1-3H3/b10-7+. The van der Waals surface area contributed by atoms with Crippen LogP contribution in [-0.4, -0.2) is 48.4 Å². The highest BCUT2D eigenvalue weighted by molar-refractivity contribution is 5.76. The van der Waals surface area contributed by atoms with Crippen LogP contribution in [0.25, 0.3) is 6.08 Å². The Kier molecular flexibility index (Phi) is 5.78. The van der Waals surface area contributed by atoms with Gasteiger partial charge in [0.1, 0.15) is 0 Å². The molecule has 120 valence electrons. The van der Waals surface area contributed by atoms with E-state index in [1.54, 1.807) is 0 Å². The average Bonchev–Trinajstić information content (AvgIpc) is 2.47. The molecule has 1 heterocycles. The Morgan fingerprint density at radius 3 is 2.32 bits per heavy atom. The molecule has 0 N–H and O–H groups in total. The minimum absolute atomic E-state index is 0.0760. The third-order valence-corrected chi connectivity index (χ3v) is 3.88. The van der Waals surface area contributed by atoms with Crippen molar-refractivity contribution >= 4 is 12.0 Å². The van der Waals surface area contributed by atoms with Gasteiger partial charge in [0.2, 0.25) is 5.91 Å². The van der Waals surface area contributed by atoms with E-state index in [0.29, 0.717) is 12.3 Å². The van der Waals surface area contributed by atoms with Crippen molar-refractivity contribution in [3.63, 3.8) is 0 Å². The summed E-state index contributed by atoms with van der Waals surface area (Å²) in [7, 11) is 0. The van der Waals surface area contributed by atoms with E-state index in [4.69, 9.17) is 0 Å². The third-order valence-electron chi connectivity index (χ3n) is 3.88. The summed E-state index contributed by atoms with van der Waals surface area (Å²) in [5, 5.41) is 0. The van der Waals surface area contributed by atoms with Crippen LogP contribution in [0.2, 0.25) is 0 Å². The van der Waals surface area contributed by atoms with E-state index in [1.807, 2.05) is 11.0 Å². The maximum atomic E-state index is 12.2. The second-order valence-electron chi connectivity index (χ2n) is 7.23. The predicted octanol–water partition coefficient (Wildman–Crippen LogP) is 3.28. The number of hydrogen-bond acceptors (Lipinski definition) is 2. The molecular formula is C19H28N2O. The van der Waals surface area contributed by atoms with Crippen LogP contribution in [0.3, 0.4) is 0 Å². The third kappa shape index (κ3) is 5.64. The van der Waals surface area contributed by atoms with Crippen LogP contribution in [0.15, 0.2) is 36.4 Å². The van der Waals surface area contributed by atoms with Crippen LogP contribution >= 0.6 is 0 Å². The monoisotopic (exact) mass is 300 g/mol. The average molecular weight is 300 g/mol. The van der Waals surface area contributed by atoms with Gasteiger partial charge in [-0.1, -0.05) is 63.3 Å². The van der Waals surface area contributed by atoms with Crippen molar-refractivity contribution in [3.05, 3.63) is 42.0 Å². The molecule has 1 aromatic carbocycles. The van der Waals surface area contributed by atoms with Gasteiger partial charge >= 0.3 is 0 Å². The predicted molar refractivity (Wildman–Crippen MR) is 92.6 cm³/mol. The topological polar surface area (TPSA) is 23.6 Å². The molecule has 0 saturated carbocycles. The van der Waals surface area contributed by atoms with Crippen molar-refractivity contribution in [2.24, 2.45) is 5.41 Å². The number of piperazine rings is 1. The molecule has 0 aromatic heterocycles. The van der Waals surface area contributed by atoms with Gasteiger partial charge in [-0.3, -0.25) is 9.69 Å². The maximum Gasteiger partial charge on any atom is 0.223 e. The van der Waals surface area contributed by atoms with E-state index >= 15 is 0 Å². The zero-order chi connectivity index (χ0) is 16.0.